The summed E-state index contributed by atoms with van der Waals surface area (Å²) in [5.74, 6) is 1.26. The second kappa shape index (κ2) is 6.24. The fourth-order valence-electron chi connectivity index (χ4n) is 2.86. The molecule has 3 unspecified atom stereocenters. The van der Waals surface area contributed by atoms with Crippen molar-refractivity contribution in [2.24, 2.45) is 5.73 Å². The molecule has 0 aliphatic carbocycles. The number of likely N-dealkylation sites (tertiary alicyclic amines) is 1. The van der Waals surface area contributed by atoms with E-state index in [0.29, 0.717) is 18.2 Å². The fraction of sp³-hybridized carbons (Fsp3) is 1.00. The van der Waals surface area contributed by atoms with Gasteiger partial charge in [0, 0.05) is 25.7 Å². The molecule has 4 heteroatoms. The van der Waals surface area contributed by atoms with E-state index in [1.807, 2.05) is 11.8 Å². The number of hydrogen-bond acceptors (Lipinski definition) is 4. The fourth-order valence-corrected chi connectivity index (χ4v) is 3.31. The van der Waals surface area contributed by atoms with Crippen molar-refractivity contribution in [3.63, 3.8) is 0 Å². The lowest BCUT2D eigenvalue weighted by molar-refractivity contribution is -0.0525. The van der Waals surface area contributed by atoms with Gasteiger partial charge in [0.05, 0.1) is 12.2 Å². The van der Waals surface area contributed by atoms with Gasteiger partial charge in [0.1, 0.15) is 0 Å². The van der Waals surface area contributed by atoms with Gasteiger partial charge in [0.2, 0.25) is 0 Å². The molecule has 2 N–H and O–H groups in total. The van der Waals surface area contributed by atoms with E-state index in [-0.39, 0.29) is 0 Å². The zero-order valence-electron chi connectivity index (χ0n) is 10.2. The first-order valence-electron chi connectivity index (χ1n) is 6.42. The normalized spacial score (nSPS) is 31.9. The van der Waals surface area contributed by atoms with E-state index in [4.69, 9.17) is 10.5 Å². The Morgan fingerprint density at radius 2 is 2.06 bits per heavy atom. The molecule has 0 spiro atoms. The Labute approximate surface area is 103 Å². The Balaban J connectivity index is 1.79. The molecule has 0 radical (unpaired) electrons. The Morgan fingerprint density at radius 3 is 2.62 bits per heavy atom. The maximum Gasteiger partial charge on any atom is 0.0707 e. The van der Waals surface area contributed by atoms with Gasteiger partial charge < -0.3 is 10.5 Å². The molecule has 94 valence electrons. The number of nitrogens with two attached hydrogens (primary N) is 1. The largest absolute Gasteiger partial charge is 0.372 e. The molecular weight excluding hydrogens is 220 g/mol. The Hall–Kier alpha value is 0.230. The molecule has 2 saturated heterocycles. The molecule has 16 heavy (non-hydrogen) atoms. The molecule has 0 amide bonds. The van der Waals surface area contributed by atoms with Crippen LogP contribution in [0.5, 0.6) is 0 Å². The summed E-state index contributed by atoms with van der Waals surface area (Å²) in [6.45, 7) is 3.02. The zero-order chi connectivity index (χ0) is 11.4. The van der Waals surface area contributed by atoms with Crippen LogP contribution in [-0.2, 0) is 4.74 Å². The van der Waals surface area contributed by atoms with Crippen molar-refractivity contribution >= 4 is 11.8 Å². The molecule has 3 nitrogen and oxygen atoms in total. The van der Waals surface area contributed by atoms with Crippen molar-refractivity contribution in [2.45, 2.75) is 43.9 Å². The lowest BCUT2D eigenvalue weighted by Gasteiger charge is -2.37. The van der Waals surface area contributed by atoms with Gasteiger partial charge in [0.25, 0.3) is 0 Å². The summed E-state index contributed by atoms with van der Waals surface area (Å²) in [5.41, 5.74) is 5.91. The van der Waals surface area contributed by atoms with Crippen LogP contribution < -0.4 is 5.73 Å². The molecule has 2 fully saturated rings. The Kier molecular flexibility index (Phi) is 4.95. The third kappa shape index (κ3) is 3.13. The van der Waals surface area contributed by atoms with Gasteiger partial charge in [-0.15, -0.1) is 0 Å². The van der Waals surface area contributed by atoms with Gasteiger partial charge in [-0.05, 0) is 37.7 Å². The van der Waals surface area contributed by atoms with Gasteiger partial charge in [-0.2, -0.15) is 11.8 Å². The molecule has 0 aromatic rings. The number of nitrogens with zero attached hydrogens (tertiary/aromatic N) is 1. The van der Waals surface area contributed by atoms with E-state index in [0.717, 1.165) is 19.6 Å². The first-order chi connectivity index (χ1) is 7.83. The first kappa shape index (κ1) is 12.7. The number of hydrogen-bond donors (Lipinski definition) is 1. The monoisotopic (exact) mass is 244 g/mol. The molecule has 2 aliphatic heterocycles. The predicted molar refractivity (Wildman–Crippen MR) is 69.9 cm³/mol. The number of morpholine rings is 1. The summed E-state index contributed by atoms with van der Waals surface area (Å²) in [5, 5.41) is 0. The minimum Gasteiger partial charge on any atom is -0.372 e. The van der Waals surface area contributed by atoms with Crippen LogP contribution in [0, 0.1) is 0 Å². The molecule has 0 aromatic heterocycles. The number of fused-ring (bicyclic) bond motifs is 2. The van der Waals surface area contributed by atoms with E-state index < -0.39 is 0 Å². The summed E-state index contributed by atoms with van der Waals surface area (Å²) in [6.07, 6.45) is 8.20. The molecular formula is C12H24N2OS. The molecule has 3 atom stereocenters. The van der Waals surface area contributed by atoms with Crippen LogP contribution in [0.1, 0.15) is 25.7 Å². The van der Waals surface area contributed by atoms with Gasteiger partial charge in [0.15, 0.2) is 0 Å². The molecule has 2 aliphatic rings. The highest BCUT2D eigenvalue weighted by Crippen LogP contribution is 2.28. The van der Waals surface area contributed by atoms with Crippen molar-refractivity contribution in [3.05, 3.63) is 0 Å². The minimum absolute atomic E-state index is 0.494. The second-order valence-electron chi connectivity index (χ2n) is 4.94. The number of ether oxygens (including phenoxy) is 1. The van der Waals surface area contributed by atoms with Gasteiger partial charge in [-0.25, -0.2) is 0 Å². The SMILES string of the molecule is CSCCCC(CN)N1CC2CCC(C1)O2. The smallest absolute Gasteiger partial charge is 0.0707 e. The van der Waals surface area contributed by atoms with Crippen LogP contribution in [0.15, 0.2) is 0 Å². The Morgan fingerprint density at radius 1 is 1.38 bits per heavy atom. The lowest BCUT2D eigenvalue weighted by Crippen LogP contribution is -2.50. The third-order valence-electron chi connectivity index (χ3n) is 3.75. The quantitative estimate of drug-likeness (QED) is 0.715. The summed E-state index contributed by atoms with van der Waals surface area (Å²) in [6, 6.07) is 0.583. The highest BCUT2D eigenvalue weighted by atomic mass is 32.2. The van der Waals surface area contributed by atoms with Gasteiger partial charge in [-0.1, -0.05) is 0 Å². The summed E-state index contributed by atoms with van der Waals surface area (Å²) in [4.78, 5) is 2.58. The molecule has 2 heterocycles. The third-order valence-corrected chi connectivity index (χ3v) is 4.44. The highest BCUT2D eigenvalue weighted by Gasteiger charge is 2.35. The van der Waals surface area contributed by atoms with Crippen LogP contribution in [0.3, 0.4) is 0 Å². The van der Waals surface area contributed by atoms with Gasteiger partial charge in [-0.3, -0.25) is 4.90 Å². The van der Waals surface area contributed by atoms with Crippen LogP contribution in [-0.4, -0.2) is 54.8 Å². The summed E-state index contributed by atoms with van der Waals surface area (Å²) < 4.78 is 5.86. The van der Waals surface area contributed by atoms with Crippen LogP contribution in [0.25, 0.3) is 0 Å². The number of rotatable bonds is 6. The Bertz CT molecular complexity index is 203. The summed E-state index contributed by atoms with van der Waals surface area (Å²) in [7, 11) is 0. The lowest BCUT2D eigenvalue weighted by atomic mass is 10.1. The van der Waals surface area contributed by atoms with E-state index in [2.05, 4.69) is 11.2 Å². The van der Waals surface area contributed by atoms with Crippen molar-refractivity contribution in [1.29, 1.82) is 0 Å². The van der Waals surface area contributed by atoms with Crippen LogP contribution >= 0.6 is 11.8 Å². The average molecular weight is 244 g/mol. The van der Waals surface area contributed by atoms with Crippen LogP contribution in [0.4, 0.5) is 0 Å². The predicted octanol–water partition coefficient (Wildman–Crippen LogP) is 1.32. The average Bonchev–Trinajstić information content (AvgIpc) is 2.64. The van der Waals surface area contributed by atoms with E-state index in [1.165, 1.54) is 31.4 Å². The maximum absolute atomic E-state index is 5.91. The van der Waals surface area contributed by atoms with E-state index >= 15 is 0 Å². The zero-order valence-corrected chi connectivity index (χ0v) is 11.0. The van der Waals surface area contributed by atoms with Crippen molar-refractivity contribution < 1.29 is 4.74 Å². The van der Waals surface area contributed by atoms with E-state index in [9.17, 15) is 0 Å². The van der Waals surface area contributed by atoms with Crippen molar-refractivity contribution in [2.75, 3.05) is 31.6 Å². The molecule has 0 saturated carbocycles. The van der Waals surface area contributed by atoms with Gasteiger partial charge >= 0.3 is 0 Å². The maximum atomic E-state index is 5.91. The standard InChI is InChI=1S/C12H24N2OS/c1-16-6-2-3-10(7-13)14-8-11-4-5-12(9-14)15-11/h10-12H,2-9,13H2,1H3. The second-order valence-corrected chi connectivity index (χ2v) is 5.92. The van der Waals surface area contributed by atoms with E-state index in [1.54, 1.807) is 0 Å². The molecule has 0 aromatic carbocycles. The number of thioether (sulfide) groups is 1. The molecule has 2 rings (SSSR count). The topological polar surface area (TPSA) is 38.5 Å². The first-order valence-corrected chi connectivity index (χ1v) is 7.81. The minimum atomic E-state index is 0.494. The van der Waals surface area contributed by atoms with Crippen LogP contribution in [0.2, 0.25) is 0 Å². The van der Waals surface area contributed by atoms with Crippen molar-refractivity contribution in [3.8, 4) is 0 Å². The summed E-state index contributed by atoms with van der Waals surface area (Å²) >= 11 is 1.93. The highest BCUT2D eigenvalue weighted by molar-refractivity contribution is 7.98. The van der Waals surface area contributed by atoms with Crippen molar-refractivity contribution in [1.82, 2.24) is 4.90 Å². The molecule has 2 bridgehead atoms.